The fourth-order valence-corrected chi connectivity index (χ4v) is 2.36. The minimum atomic E-state index is -0.190. The Kier molecular flexibility index (Phi) is 6.43. The summed E-state index contributed by atoms with van der Waals surface area (Å²) in [5.41, 5.74) is 0.643. The molecule has 0 spiro atoms. The molecule has 1 aliphatic rings. The van der Waals surface area contributed by atoms with E-state index in [0.717, 1.165) is 6.42 Å². The number of hydrogen-bond acceptors (Lipinski definition) is 5. The monoisotopic (exact) mass is 335 g/mol. The second-order valence-electron chi connectivity index (χ2n) is 6.15. The Bertz CT molecular complexity index is 589. The van der Waals surface area contributed by atoms with E-state index in [2.05, 4.69) is 10.6 Å². The van der Waals surface area contributed by atoms with Crippen LogP contribution < -0.4 is 20.1 Å². The highest BCUT2D eigenvalue weighted by Crippen LogP contribution is 2.32. The van der Waals surface area contributed by atoms with Gasteiger partial charge in [0.15, 0.2) is 11.5 Å². The molecule has 2 N–H and O–H groups in total. The first-order valence-electron chi connectivity index (χ1n) is 8.11. The predicted octanol–water partition coefficient (Wildman–Crippen LogP) is 1.24. The van der Waals surface area contributed by atoms with Crippen LogP contribution in [0.4, 0.5) is 5.69 Å². The summed E-state index contributed by atoms with van der Waals surface area (Å²) in [5.74, 6) is 1.03. The number of carbonyl (C=O) groups is 2. The number of ether oxygens (including phenoxy) is 2. The highest BCUT2D eigenvalue weighted by atomic mass is 16.5. The van der Waals surface area contributed by atoms with Gasteiger partial charge >= 0.3 is 0 Å². The average Bonchev–Trinajstić information content (AvgIpc) is 2.70. The van der Waals surface area contributed by atoms with Crippen molar-refractivity contribution in [1.29, 1.82) is 0 Å². The Hall–Kier alpha value is -2.28. The van der Waals surface area contributed by atoms with Crippen molar-refractivity contribution < 1.29 is 19.1 Å². The van der Waals surface area contributed by atoms with Crippen molar-refractivity contribution in [3.05, 3.63) is 18.2 Å². The molecule has 1 aromatic carbocycles. The molecule has 7 nitrogen and oxygen atoms in total. The number of benzene rings is 1. The summed E-state index contributed by atoms with van der Waals surface area (Å²) < 4.78 is 11.2. The van der Waals surface area contributed by atoms with Crippen LogP contribution in [0, 0.1) is 0 Å². The summed E-state index contributed by atoms with van der Waals surface area (Å²) in [6, 6.07) is 5.40. The normalized spacial score (nSPS) is 13.5. The van der Waals surface area contributed by atoms with Crippen LogP contribution >= 0.6 is 0 Å². The topological polar surface area (TPSA) is 79.9 Å². The number of hydrogen-bond donors (Lipinski definition) is 2. The zero-order chi connectivity index (χ0) is 17.5. The van der Waals surface area contributed by atoms with Crippen LogP contribution in [0.3, 0.4) is 0 Å². The molecule has 0 saturated heterocycles. The van der Waals surface area contributed by atoms with E-state index in [1.54, 1.807) is 30.1 Å². The van der Waals surface area contributed by atoms with E-state index in [0.29, 0.717) is 30.4 Å². The van der Waals surface area contributed by atoms with Gasteiger partial charge in [0.05, 0.1) is 26.3 Å². The minimum absolute atomic E-state index is 0.0847. The maximum atomic E-state index is 12.1. The molecule has 24 heavy (non-hydrogen) atoms. The van der Waals surface area contributed by atoms with Crippen molar-refractivity contribution in [2.24, 2.45) is 0 Å². The minimum Gasteiger partial charge on any atom is -0.490 e. The van der Waals surface area contributed by atoms with Gasteiger partial charge in [0.1, 0.15) is 0 Å². The molecule has 2 amide bonds. The second-order valence-corrected chi connectivity index (χ2v) is 6.15. The van der Waals surface area contributed by atoms with Crippen molar-refractivity contribution in [3.63, 3.8) is 0 Å². The van der Waals surface area contributed by atoms with Crippen molar-refractivity contribution >= 4 is 17.5 Å². The quantitative estimate of drug-likeness (QED) is 0.818. The summed E-state index contributed by atoms with van der Waals surface area (Å²) in [5, 5.41) is 5.60. The van der Waals surface area contributed by atoms with Gasteiger partial charge in [0.25, 0.3) is 0 Å². The number of nitrogens with zero attached hydrogens (tertiary/aromatic N) is 1. The van der Waals surface area contributed by atoms with E-state index in [4.69, 9.17) is 9.47 Å². The molecule has 0 bridgehead atoms. The summed E-state index contributed by atoms with van der Waals surface area (Å²) in [7, 11) is 1.73. The molecule has 0 atom stereocenters. The third-order valence-corrected chi connectivity index (χ3v) is 3.31. The van der Waals surface area contributed by atoms with Crippen LogP contribution in [0.5, 0.6) is 11.5 Å². The molecule has 132 valence electrons. The van der Waals surface area contributed by atoms with E-state index in [9.17, 15) is 9.59 Å². The molecular formula is C17H25N3O4. The molecule has 1 aliphatic heterocycles. The van der Waals surface area contributed by atoms with Gasteiger partial charge in [0, 0.05) is 24.2 Å². The van der Waals surface area contributed by atoms with Crippen LogP contribution in [0.1, 0.15) is 20.3 Å². The third kappa shape index (κ3) is 5.73. The molecule has 0 aliphatic carbocycles. The first-order chi connectivity index (χ1) is 11.4. The molecule has 1 heterocycles. The van der Waals surface area contributed by atoms with Gasteiger partial charge in [-0.3, -0.25) is 14.5 Å². The van der Waals surface area contributed by atoms with Crippen LogP contribution in [0.15, 0.2) is 18.2 Å². The lowest BCUT2D eigenvalue weighted by molar-refractivity contribution is -0.123. The smallest absolute Gasteiger partial charge is 0.238 e. The zero-order valence-corrected chi connectivity index (χ0v) is 14.4. The number of nitrogens with one attached hydrogen (secondary N) is 2. The van der Waals surface area contributed by atoms with Crippen LogP contribution in [0.2, 0.25) is 0 Å². The maximum Gasteiger partial charge on any atom is 0.238 e. The van der Waals surface area contributed by atoms with Crippen LogP contribution in [-0.4, -0.2) is 56.1 Å². The van der Waals surface area contributed by atoms with Gasteiger partial charge in [-0.2, -0.15) is 0 Å². The number of fused-ring (bicyclic) bond motifs is 1. The standard InChI is InChI=1S/C17H25N3O4/c1-12(2)18-16(21)10-20(3)11-17(22)19-13-5-6-14-15(9-13)24-8-4-7-23-14/h5-6,9,12H,4,7-8,10-11H2,1-3H3,(H,18,21)(H,19,22). The van der Waals surface area contributed by atoms with Crippen molar-refractivity contribution in [3.8, 4) is 11.5 Å². The van der Waals surface area contributed by atoms with Gasteiger partial charge < -0.3 is 20.1 Å². The predicted molar refractivity (Wildman–Crippen MR) is 91.5 cm³/mol. The molecule has 0 fully saturated rings. The Morgan fingerprint density at radius 3 is 2.50 bits per heavy atom. The molecule has 0 unspecified atom stereocenters. The number of rotatable bonds is 6. The lowest BCUT2D eigenvalue weighted by Gasteiger charge is -2.17. The molecular weight excluding hydrogens is 310 g/mol. The average molecular weight is 335 g/mol. The number of likely N-dealkylation sites (N-methyl/N-ethyl adjacent to an activating group) is 1. The number of amides is 2. The molecule has 1 aromatic rings. The van der Waals surface area contributed by atoms with Gasteiger partial charge in [0.2, 0.25) is 11.8 Å². The molecule has 0 radical (unpaired) electrons. The molecule has 2 rings (SSSR count). The van der Waals surface area contributed by atoms with Crippen LogP contribution in [0.25, 0.3) is 0 Å². The fourth-order valence-electron chi connectivity index (χ4n) is 2.36. The number of carbonyl (C=O) groups excluding carboxylic acids is 2. The van der Waals surface area contributed by atoms with Crippen molar-refractivity contribution in [2.45, 2.75) is 26.3 Å². The summed E-state index contributed by atoms with van der Waals surface area (Å²) in [6.45, 7) is 5.32. The molecule has 7 heteroatoms. The van der Waals surface area contributed by atoms with Gasteiger partial charge in [-0.15, -0.1) is 0 Å². The van der Waals surface area contributed by atoms with Crippen molar-refractivity contribution in [2.75, 3.05) is 38.7 Å². The van der Waals surface area contributed by atoms with Gasteiger partial charge in [-0.05, 0) is 33.0 Å². The van der Waals surface area contributed by atoms with E-state index in [1.165, 1.54) is 0 Å². The van der Waals surface area contributed by atoms with Crippen molar-refractivity contribution in [1.82, 2.24) is 10.2 Å². The lowest BCUT2D eigenvalue weighted by atomic mass is 10.2. The summed E-state index contributed by atoms with van der Waals surface area (Å²) >= 11 is 0. The second kappa shape index (κ2) is 8.54. The van der Waals surface area contributed by atoms with E-state index in [-0.39, 0.29) is 30.9 Å². The largest absolute Gasteiger partial charge is 0.490 e. The van der Waals surface area contributed by atoms with E-state index in [1.807, 2.05) is 13.8 Å². The summed E-state index contributed by atoms with van der Waals surface area (Å²) in [6.07, 6.45) is 0.833. The lowest BCUT2D eigenvalue weighted by Crippen LogP contribution is -2.41. The Morgan fingerprint density at radius 2 is 1.79 bits per heavy atom. The highest BCUT2D eigenvalue weighted by molar-refractivity contribution is 5.93. The zero-order valence-electron chi connectivity index (χ0n) is 14.4. The number of anilines is 1. The van der Waals surface area contributed by atoms with Gasteiger partial charge in [-0.25, -0.2) is 0 Å². The van der Waals surface area contributed by atoms with Crippen LogP contribution in [-0.2, 0) is 9.59 Å². The SMILES string of the molecule is CC(C)NC(=O)CN(C)CC(=O)Nc1ccc2c(c1)OCCCO2. The highest BCUT2D eigenvalue weighted by Gasteiger charge is 2.14. The summed E-state index contributed by atoms with van der Waals surface area (Å²) in [4.78, 5) is 25.5. The Balaban J connectivity index is 1.86. The third-order valence-electron chi connectivity index (χ3n) is 3.31. The van der Waals surface area contributed by atoms with Gasteiger partial charge in [-0.1, -0.05) is 0 Å². The fraction of sp³-hybridized carbons (Fsp3) is 0.529. The maximum absolute atomic E-state index is 12.1. The first-order valence-corrected chi connectivity index (χ1v) is 8.11. The Labute approximate surface area is 142 Å². The van der Waals surface area contributed by atoms with E-state index >= 15 is 0 Å². The molecule has 0 aromatic heterocycles. The Morgan fingerprint density at radius 1 is 1.12 bits per heavy atom. The van der Waals surface area contributed by atoms with E-state index < -0.39 is 0 Å². The molecule has 0 saturated carbocycles. The first kappa shape index (κ1) is 18.1.